The van der Waals surface area contributed by atoms with E-state index < -0.39 is 6.04 Å². The van der Waals surface area contributed by atoms with E-state index in [2.05, 4.69) is 13.8 Å². The Hall–Kier alpha value is -0.570. The second-order valence-electron chi connectivity index (χ2n) is 5.42. The number of ether oxygens (including phenoxy) is 1. The smallest absolute Gasteiger partial charge is 0.323 e. The average Bonchev–Trinajstić information content (AvgIpc) is 2.24. The van der Waals surface area contributed by atoms with Crippen molar-refractivity contribution in [2.75, 3.05) is 0 Å². The number of esters is 1. The first-order chi connectivity index (χ1) is 7.50. The zero-order chi connectivity index (χ0) is 12.1. The minimum Gasteiger partial charge on any atom is -0.461 e. The predicted octanol–water partition coefficient (Wildman–Crippen LogP) is 2.48. The summed E-state index contributed by atoms with van der Waals surface area (Å²) >= 11 is 0. The molecule has 1 aliphatic rings. The Labute approximate surface area is 98.7 Å². The number of rotatable bonds is 2. The van der Waals surface area contributed by atoms with Crippen molar-refractivity contribution >= 4 is 5.97 Å². The summed E-state index contributed by atoms with van der Waals surface area (Å²) in [4.78, 5) is 11.6. The largest absolute Gasteiger partial charge is 0.461 e. The lowest BCUT2D eigenvalue weighted by Crippen LogP contribution is -2.35. The highest BCUT2D eigenvalue weighted by Gasteiger charge is 2.26. The Morgan fingerprint density at radius 3 is 2.62 bits per heavy atom. The average molecular weight is 227 g/mol. The number of carbonyl (C=O) groups is 1. The van der Waals surface area contributed by atoms with Gasteiger partial charge in [-0.2, -0.15) is 0 Å². The Balaban J connectivity index is 2.60. The van der Waals surface area contributed by atoms with E-state index in [1.165, 1.54) is 0 Å². The Bertz CT molecular complexity index is 228. The van der Waals surface area contributed by atoms with E-state index in [1.54, 1.807) is 0 Å². The molecule has 1 aliphatic heterocycles. The van der Waals surface area contributed by atoms with E-state index >= 15 is 0 Å². The van der Waals surface area contributed by atoms with Gasteiger partial charge in [0.15, 0.2) is 0 Å². The number of cyclic esters (lactones) is 1. The van der Waals surface area contributed by atoms with Crippen LogP contribution in [0.2, 0.25) is 0 Å². The highest BCUT2D eigenvalue weighted by Crippen LogP contribution is 2.26. The van der Waals surface area contributed by atoms with Crippen molar-refractivity contribution in [3.63, 3.8) is 0 Å². The molecule has 3 heteroatoms. The minimum atomic E-state index is -0.416. The molecule has 2 N–H and O–H groups in total. The summed E-state index contributed by atoms with van der Waals surface area (Å²) in [5.74, 6) is 0.929. The normalized spacial score (nSPS) is 32.8. The van der Waals surface area contributed by atoms with Gasteiger partial charge in [0.05, 0.1) is 0 Å². The third-order valence-electron chi connectivity index (χ3n) is 3.38. The maximum atomic E-state index is 11.6. The molecule has 0 aromatic rings. The molecule has 0 aromatic heterocycles. The fourth-order valence-corrected chi connectivity index (χ4v) is 2.41. The van der Waals surface area contributed by atoms with E-state index in [1.807, 2.05) is 6.92 Å². The monoisotopic (exact) mass is 227 g/mol. The topological polar surface area (TPSA) is 52.3 Å². The van der Waals surface area contributed by atoms with Gasteiger partial charge in [-0.25, -0.2) is 0 Å². The van der Waals surface area contributed by atoms with Gasteiger partial charge in [-0.05, 0) is 38.0 Å². The van der Waals surface area contributed by atoms with Gasteiger partial charge in [-0.3, -0.25) is 4.79 Å². The Morgan fingerprint density at radius 1 is 1.38 bits per heavy atom. The van der Waals surface area contributed by atoms with Gasteiger partial charge >= 0.3 is 5.97 Å². The van der Waals surface area contributed by atoms with Gasteiger partial charge in [0.25, 0.3) is 0 Å². The first-order valence-electron chi connectivity index (χ1n) is 6.46. The van der Waals surface area contributed by atoms with Crippen molar-refractivity contribution < 1.29 is 9.53 Å². The second kappa shape index (κ2) is 6.24. The van der Waals surface area contributed by atoms with Crippen LogP contribution in [-0.2, 0) is 9.53 Å². The van der Waals surface area contributed by atoms with Crippen LogP contribution in [-0.4, -0.2) is 18.1 Å². The third-order valence-corrected chi connectivity index (χ3v) is 3.38. The molecular weight excluding hydrogens is 202 g/mol. The summed E-state index contributed by atoms with van der Waals surface area (Å²) < 4.78 is 5.43. The van der Waals surface area contributed by atoms with Crippen molar-refractivity contribution in [3.05, 3.63) is 0 Å². The molecule has 0 unspecified atom stereocenters. The fourth-order valence-electron chi connectivity index (χ4n) is 2.41. The molecule has 3 atom stereocenters. The number of hydrogen-bond donors (Lipinski definition) is 1. The van der Waals surface area contributed by atoms with Crippen LogP contribution in [0.3, 0.4) is 0 Å². The van der Waals surface area contributed by atoms with E-state index in [0.29, 0.717) is 11.8 Å². The molecule has 0 radical (unpaired) electrons. The molecule has 0 aromatic carbocycles. The molecule has 0 saturated carbocycles. The predicted molar refractivity (Wildman–Crippen MR) is 64.9 cm³/mol. The number of nitrogens with two attached hydrogens (primary N) is 1. The van der Waals surface area contributed by atoms with Gasteiger partial charge in [-0.15, -0.1) is 0 Å². The van der Waals surface area contributed by atoms with Crippen LogP contribution in [0, 0.1) is 11.8 Å². The maximum absolute atomic E-state index is 11.6. The lowest BCUT2D eigenvalue weighted by atomic mass is 9.88. The summed E-state index contributed by atoms with van der Waals surface area (Å²) in [7, 11) is 0. The molecular formula is C13H25NO2. The standard InChI is InChI=1S/C13H25NO2/c1-9(2)8-11-6-4-5-7-12(14)13(15)16-10(11)3/h9-12H,4-8,14H2,1-3H3/t10-,11-,12-/m0/s1. The lowest BCUT2D eigenvalue weighted by Gasteiger charge is -2.25. The van der Waals surface area contributed by atoms with Crippen LogP contribution in [0.1, 0.15) is 52.9 Å². The zero-order valence-corrected chi connectivity index (χ0v) is 10.7. The molecule has 1 saturated heterocycles. The number of hydrogen-bond acceptors (Lipinski definition) is 3. The van der Waals surface area contributed by atoms with E-state index in [4.69, 9.17) is 10.5 Å². The van der Waals surface area contributed by atoms with Gasteiger partial charge in [0, 0.05) is 0 Å². The van der Waals surface area contributed by atoms with Crippen molar-refractivity contribution in [2.45, 2.75) is 65.0 Å². The van der Waals surface area contributed by atoms with Gasteiger partial charge < -0.3 is 10.5 Å². The Morgan fingerprint density at radius 2 is 2.00 bits per heavy atom. The molecule has 1 fully saturated rings. The first kappa shape index (κ1) is 13.5. The SMILES string of the molecule is CC(C)C[C@@H]1CCCC[C@H](N)C(=O)O[C@H]1C. The molecule has 1 rings (SSSR count). The number of carbonyl (C=O) groups excluding carboxylic acids is 1. The van der Waals surface area contributed by atoms with Gasteiger partial charge in [0.1, 0.15) is 12.1 Å². The molecule has 16 heavy (non-hydrogen) atoms. The fraction of sp³-hybridized carbons (Fsp3) is 0.923. The maximum Gasteiger partial charge on any atom is 0.323 e. The van der Waals surface area contributed by atoms with Gasteiger partial charge in [-0.1, -0.05) is 26.7 Å². The van der Waals surface area contributed by atoms with E-state index in [9.17, 15) is 4.79 Å². The van der Waals surface area contributed by atoms with Crippen molar-refractivity contribution in [2.24, 2.45) is 17.6 Å². The molecule has 0 bridgehead atoms. The zero-order valence-electron chi connectivity index (χ0n) is 10.7. The van der Waals surface area contributed by atoms with Crippen LogP contribution < -0.4 is 5.73 Å². The lowest BCUT2D eigenvalue weighted by molar-refractivity contribution is -0.152. The summed E-state index contributed by atoms with van der Waals surface area (Å²) in [5.41, 5.74) is 5.75. The van der Waals surface area contributed by atoms with Crippen LogP contribution in [0.15, 0.2) is 0 Å². The van der Waals surface area contributed by atoms with Crippen LogP contribution in [0.25, 0.3) is 0 Å². The van der Waals surface area contributed by atoms with E-state index in [-0.39, 0.29) is 12.1 Å². The van der Waals surface area contributed by atoms with Crippen molar-refractivity contribution in [1.29, 1.82) is 0 Å². The van der Waals surface area contributed by atoms with Gasteiger partial charge in [0.2, 0.25) is 0 Å². The summed E-state index contributed by atoms with van der Waals surface area (Å²) in [6.07, 6.45) is 5.26. The summed E-state index contributed by atoms with van der Waals surface area (Å²) in [6.45, 7) is 6.43. The molecule has 94 valence electrons. The van der Waals surface area contributed by atoms with Crippen molar-refractivity contribution in [1.82, 2.24) is 0 Å². The minimum absolute atomic E-state index is 0.0130. The van der Waals surface area contributed by atoms with Crippen LogP contribution >= 0.6 is 0 Å². The molecule has 0 amide bonds. The quantitative estimate of drug-likeness (QED) is 0.737. The third kappa shape index (κ3) is 4.12. The van der Waals surface area contributed by atoms with Crippen LogP contribution in [0.4, 0.5) is 0 Å². The summed E-state index contributed by atoms with van der Waals surface area (Å²) in [5, 5.41) is 0. The second-order valence-corrected chi connectivity index (χ2v) is 5.42. The highest BCUT2D eigenvalue weighted by atomic mass is 16.5. The highest BCUT2D eigenvalue weighted by molar-refractivity contribution is 5.75. The molecule has 1 heterocycles. The molecule has 0 spiro atoms. The van der Waals surface area contributed by atoms with Crippen molar-refractivity contribution in [3.8, 4) is 0 Å². The van der Waals surface area contributed by atoms with E-state index in [0.717, 1.165) is 32.1 Å². The molecule has 3 nitrogen and oxygen atoms in total. The van der Waals surface area contributed by atoms with Crippen LogP contribution in [0.5, 0.6) is 0 Å². The molecule has 0 aliphatic carbocycles. The first-order valence-corrected chi connectivity index (χ1v) is 6.46. The summed E-state index contributed by atoms with van der Waals surface area (Å²) in [6, 6.07) is -0.416. The Kier molecular flexibility index (Phi) is 5.26.